The van der Waals surface area contributed by atoms with Gasteiger partial charge in [0.05, 0.1) is 13.2 Å². The van der Waals surface area contributed by atoms with Gasteiger partial charge in [-0.2, -0.15) is 0 Å². The molecule has 0 amide bonds. The van der Waals surface area contributed by atoms with Crippen molar-refractivity contribution < 1.29 is 14.3 Å². The molecule has 1 aromatic rings. The number of aryl methyl sites for hydroxylation is 1. The molecule has 0 saturated heterocycles. The number of unbranched alkanes of at least 4 members (excludes halogenated alkanes) is 6. The molecule has 0 radical (unpaired) electrons. The van der Waals surface area contributed by atoms with E-state index in [1.165, 1.54) is 24.8 Å². The summed E-state index contributed by atoms with van der Waals surface area (Å²) in [7, 11) is 0. The molecular formula is C19H30O3. The third-order valence-corrected chi connectivity index (χ3v) is 3.64. The van der Waals surface area contributed by atoms with Crippen LogP contribution in [-0.4, -0.2) is 19.4 Å². The van der Waals surface area contributed by atoms with E-state index >= 15 is 0 Å². The van der Waals surface area contributed by atoms with E-state index in [1.54, 1.807) is 0 Å². The van der Waals surface area contributed by atoms with Gasteiger partial charge in [0.1, 0.15) is 0 Å². The number of carbonyl (C=O) groups is 1. The average Bonchev–Trinajstić information content (AvgIpc) is 2.55. The molecule has 0 heterocycles. The minimum Gasteiger partial charge on any atom is -0.434 e. The van der Waals surface area contributed by atoms with Crippen LogP contribution in [0.25, 0.3) is 0 Å². The maximum absolute atomic E-state index is 11.3. The zero-order chi connectivity index (χ0) is 15.9. The van der Waals surface area contributed by atoms with Crippen molar-refractivity contribution in [1.29, 1.82) is 0 Å². The van der Waals surface area contributed by atoms with Crippen molar-refractivity contribution in [3.8, 4) is 0 Å². The Balaban J connectivity index is 1.84. The average molecular weight is 306 g/mol. The van der Waals surface area contributed by atoms with Gasteiger partial charge < -0.3 is 9.47 Å². The van der Waals surface area contributed by atoms with E-state index in [9.17, 15) is 4.79 Å². The molecule has 0 bridgehead atoms. The zero-order valence-corrected chi connectivity index (χ0v) is 13.9. The molecule has 0 aliphatic heterocycles. The molecule has 3 nitrogen and oxygen atoms in total. The molecule has 124 valence electrons. The van der Waals surface area contributed by atoms with Gasteiger partial charge in [0.2, 0.25) is 0 Å². The molecule has 22 heavy (non-hydrogen) atoms. The first-order valence-corrected chi connectivity index (χ1v) is 8.66. The fourth-order valence-electron chi connectivity index (χ4n) is 2.31. The molecule has 0 N–H and O–H groups in total. The van der Waals surface area contributed by atoms with Gasteiger partial charge in [-0.05, 0) is 31.2 Å². The summed E-state index contributed by atoms with van der Waals surface area (Å²) in [6, 6.07) is 10.6. The lowest BCUT2D eigenvalue weighted by molar-refractivity contribution is 0.0530. The Morgan fingerprint density at radius 3 is 2.09 bits per heavy atom. The smallest absolute Gasteiger partial charge is 0.434 e. The Morgan fingerprint density at radius 1 is 0.818 bits per heavy atom. The molecule has 0 aliphatic rings. The fraction of sp³-hybridized carbons (Fsp3) is 0.632. The van der Waals surface area contributed by atoms with Crippen LogP contribution in [0.4, 0.5) is 4.79 Å². The van der Waals surface area contributed by atoms with Crippen LogP contribution in [0, 0.1) is 0 Å². The highest BCUT2D eigenvalue weighted by molar-refractivity contribution is 5.59. The number of carbonyl (C=O) groups excluding carboxylic acids is 1. The van der Waals surface area contributed by atoms with Gasteiger partial charge in [-0.15, -0.1) is 0 Å². The Kier molecular flexibility index (Phi) is 11.1. The van der Waals surface area contributed by atoms with Crippen molar-refractivity contribution in [2.75, 3.05) is 13.2 Å². The van der Waals surface area contributed by atoms with Gasteiger partial charge in [0, 0.05) is 0 Å². The zero-order valence-electron chi connectivity index (χ0n) is 13.9. The largest absolute Gasteiger partial charge is 0.508 e. The molecule has 0 spiro atoms. The summed E-state index contributed by atoms with van der Waals surface area (Å²) in [5, 5.41) is 0. The molecule has 0 saturated carbocycles. The van der Waals surface area contributed by atoms with E-state index in [1.807, 2.05) is 0 Å². The van der Waals surface area contributed by atoms with Gasteiger partial charge >= 0.3 is 6.16 Å². The van der Waals surface area contributed by atoms with Crippen LogP contribution >= 0.6 is 0 Å². The molecule has 1 aromatic carbocycles. The highest BCUT2D eigenvalue weighted by Crippen LogP contribution is 2.09. The van der Waals surface area contributed by atoms with Crippen molar-refractivity contribution >= 4 is 6.16 Å². The fourth-order valence-corrected chi connectivity index (χ4v) is 2.31. The van der Waals surface area contributed by atoms with Crippen molar-refractivity contribution in [1.82, 2.24) is 0 Å². The highest BCUT2D eigenvalue weighted by Gasteiger charge is 2.02. The number of hydrogen-bond donors (Lipinski definition) is 0. The minimum atomic E-state index is -0.514. The van der Waals surface area contributed by atoms with E-state index < -0.39 is 6.16 Å². The Morgan fingerprint density at radius 2 is 1.41 bits per heavy atom. The lowest BCUT2D eigenvalue weighted by atomic mass is 10.1. The van der Waals surface area contributed by atoms with Crippen LogP contribution in [0.2, 0.25) is 0 Å². The lowest BCUT2D eigenvalue weighted by Gasteiger charge is -2.06. The van der Waals surface area contributed by atoms with Gasteiger partial charge in [-0.25, -0.2) is 4.79 Å². The molecule has 0 fully saturated rings. The first kappa shape index (κ1) is 18.5. The third-order valence-electron chi connectivity index (χ3n) is 3.64. The maximum Gasteiger partial charge on any atom is 0.508 e. The maximum atomic E-state index is 11.3. The molecule has 3 heteroatoms. The summed E-state index contributed by atoms with van der Waals surface area (Å²) in [4.78, 5) is 11.3. The third kappa shape index (κ3) is 10.3. The molecule has 0 aliphatic carbocycles. The summed E-state index contributed by atoms with van der Waals surface area (Å²) >= 11 is 0. The monoisotopic (exact) mass is 306 g/mol. The summed E-state index contributed by atoms with van der Waals surface area (Å²) in [6.45, 7) is 3.08. The standard InChI is InChI=1S/C19H30O3/c1-2-3-11-16-21-19(20)22-17-12-6-4-5-8-13-18-14-9-7-10-15-18/h7,9-10,14-15H,2-6,8,11-13,16-17H2,1H3. The van der Waals surface area contributed by atoms with E-state index in [2.05, 4.69) is 37.3 Å². The Bertz CT molecular complexity index is 376. The van der Waals surface area contributed by atoms with E-state index in [4.69, 9.17) is 9.47 Å². The molecule has 0 unspecified atom stereocenters. The molecule has 1 rings (SSSR count). The SMILES string of the molecule is CCCCCOC(=O)OCCCCCCCc1ccccc1. The van der Waals surface area contributed by atoms with Crippen LogP contribution in [0.1, 0.15) is 63.9 Å². The summed E-state index contributed by atoms with van der Waals surface area (Å²) in [5.74, 6) is 0. The predicted octanol–water partition coefficient (Wildman–Crippen LogP) is 5.52. The summed E-state index contributed by atoms with van der Waals surface area (Å²) in [6.07, 6.45) is 9.48. The Labute approximate surface area is 135 Å². The molecule has 0 aromatic heterocycles. The normalized spacial score (nSPS) is 10.4. The second-order valence-electron chi connectivity index (χ2n) is 5.66. The number of hydrogen-bond acceptors (Lipinski definition) is 3. The van der Waals surface area contributed by atoms with E-state index in [-0.39, 0.29) is 0 Å². The predicted molar refractivity (Wildman–Crippen MR) is 90.1 cm³/mol. The number of rotatable bonds is 12. The van der Waals surface area contributed by atoms with Crippen molar-refractivity contribution in [3.63, 3.8) is 0 Å². The summed E-state index contributed by atoms with van der Waals surface area (Å²) in [5.41, 5.74) is 1.41. The van der Waals surface area contributed by atoms with Crippen molar-refractivity contribution in [2.24, 2.45) is 0 Å². The van der Waals surface area contributed by atoms with Crippen LogP contribution < -0.4 is 0 Å². The van der Waals surface area contributed by atoms with Crippen molar-refractivity contribution in [2.45, 2.75) is 64.7 Å². The number of ether oxygens (including phenoxy) is 2. The van der Waals surface area contributed by atoms with E-state index in [0.717, 1.165) is 38.5 Å². The quantitative estimate of drug-likeness (QED) is 0.376. The molecule has 0 atom stereocenters. The number of benzene rings is 1. The van der Waals surface area contributed by atoms with Crippen LogP contribution in [0.15, 0.2) is 30.3 Å². The second kappa shape index (κ2) is 13.2. The van der Waals surface area contributed by atoms with Crippen LogP contribution in [-0.2, 0) is 15.9 Å². The van der Waals surface area contributed by atoms with Crippen molar-refractivity contribution in [3.05, 3.63) is 35.9 Å². The van der Waals surface area contributed by atoms with Gasteiger partial charge in [-0.1, -0.05) is 69.4 Å². The summed E-state index contributed by atoms with van der Waals surface area (Å²) < 4.78 is 10.0. The van der Waals surface area contributed by atoms with Gasteiger partial charge in [0.25, 0.3) is 0 Å². The molecular weight excluding hydrogens is 276 g/mol. The van der Waals surface area contributed by atoms with E-state index in [0.29, 0.717) is 13.2 Å². The van der Waals surface area contributed by atoms with Crippen LogP contribution in [0.5, 0.6) is 0 Å². The highest BCUT2D eigenvalue weighted by atomic mass is 16.7. The van der Waals surface area contributed by atoms with Crippen LogP contribution in [0.3, 0.4) is 0 Å². The topological polar surface area (TPSA) is 35.5 Å². The first-order chi connectivity index (χ1) is 10.8. The lowest BCUT2D eigenvalue weighted by Crippen LogP contribution is -2.09. The van der Waals surface area contributed by atoms with Gasteiger partial charge in [0.15, 0.2) is 0 Å². The first-order valence-electron chi connectivity index (χ1n) is 8.66. The Hall–Kier alpha value is -1.51. The minimum absolute atomic E-state index is 0.477. The van der Waals surface area contributed by atoms with Gasteiger partial charge in [-0.3, -0.25) is 0 Å². The second-order valence-corrected chi connectivity index (χ2v) is 5.66.